The molecular weight excluding hydrogens is 154 g/mol. The molecule has 1 heterocycles. The zero-order chi connectivity index (χ0) is 9.56. The Morgan fingerprint density at radius 2 is 2.08 bits per heavy atom. The lowest BCUT2D eigenvalue weighted by atomic mass is 10.1. The van der Waals surface area contributed by atoms with Gasteiger partial charge in [0.1, 0.15) is 6.10 Å². The summed E-state index contributed by atoms with van der Waals surface area (Å²) in [4.78, 5) is 13.1. The number of rotatable bonds is 1. The summed E-state index contributed by atoms with van der Waals surface area (Å²) in [6.45, 7) is 5.62. The van der Waals surface area contributed by atoms with E-state index in [0.29, 0.717) is 6.42 Å². The summed E-state index contributed by atoms with van der Waals surface area (Å²) < 4.78 is 4.98. The Morgan fingerprint density at radius 3 is 2.50 bits per heavy atom. The number of hydrogen-bond acceptors (Lipinski definition) is 3. The van der Waals surface area contributed by atoms with Crippen molar-refractivity contribution in [3.8, 4) is 0 Å². The van der Waals surface area contributed by atoms with E-state index < -0.39 is 0 Å². The van der Waals surface area contributed by atoms with Gasteiger partial charge in [-0.2, -0.15) is 0 Å². The fourth-order valence-electron chi connectivity index (χ4n) is 1.14. The molecule has 1 aliphatic heterocycles. The number of nitrogens with zero attached hydrogens (tertiary/aromatic N) is 1. The Balaban J connectivity index is 0.000000561. The molecule has 0 N–H and O–H groups in total. The molecule has 0 bridgehead atoms. The summed E-state index contributed by atoms with van der Waals surface area (Å²) >= 11 is 0. The molecule has 0 amide bonds. The van der Waals surface area contributed by atoms with Gasteiger partial charge < -0.3 is 9.64 Å². The first-order chi connectivity index (χ1) is 5.74. The Labute approximate surface area is 74.7 Å². The second-order valence-corrected chi connectivity index (χ2v) is 2.70. The van der Waals surface area contributed by atoms with Gasteiger partial charge in [0.2, 0.25) is 0 Å². The highest BCUT2D eigenvalue weighted by Gasteiger charge is 2.24. The van der Waals surface area contributed by atoms with Gasteiger partial charge >= 0.3 is 0 Å². The second kappa shape index (κ2) is 6.14. The summed E-state index contributed by atoms with van der Waals surface area (Å²) in [7, 11) is 3.58. The van der Waals surface area contributed by atoms with E-state index in [1.165, 1.54) is 0 Å². The van der Waals surface area contributed by atoms with Crippen LogP contribution < -0.4 is 0 Å². The molecule has 1 fully saturated rings. The molecule has 1 atom stereocenters. The van der Waals surface area contributed by atoms with Gasteiger partial charge in [0.05, 0.1) is 0 Å². The zero-order valence-electron chi connectivity index (χ0n) is 8.46. The van der Waals surface area contributed by atoms with Crippen molar-refractivity contribution in [1.82, 2.24) is 4.90 Å². The number of Topliss-reactive ketones (excluding diaryl/α,β-unsaturated/α-hetero) is 1. The third-order valence-corrected chi connectivity index (χ3v) is 1.86. The van der Waals surface area contributed by atoms with Gasteiger partial charge in [0.25, 0.3) is 0 Å². The van der Waals surface area contributed by atoms with Gasteiger partial charge in [-0.1, -0.05) is 13.8 Å². The average molecular weight is 173 g/mol. The van der Waals surface area contributed by atoms with Crippen LogP contribution in [0.1, 0.15) is 20.3 Å². The predicted molar refractivity (Wildman–Crippen MR) is 49.3 cm³/mol. The van der Waals surface area contributed by atoms with Gasteiger partial charge in [-0.05, 0) is 7.05 Å². The number of hydrogen-bond donors (Lipinski definition) is 0. The van der Waals surface area contributed by atoms with Crippen LogP contribution in [0, 0.1) is 0 Å². The molecule has 1 saturated heterocycles. The summed E-state index contributed by atoms with van der Waals surface area (Å²) in [6, 6.07) is 0. The third-order valence-electron chi connectivity index (χ3n) is 1.86. The highest BCUT2D eigenvalue weighted by atomic mass is 16.5. The maximum absolute atomic E-state index is 11.0. The topological polar surface area (TPSA) is 29.5 Å². The molecule has 12 heavy (non-hydrogen) atoms. The molecule has 0 aromatic heterocycles. The maximum atomic E-state index is 11.0. The molecule has 1 aliphatic rings. The van der Waals surface area contributed by atoms with E-state index in [0.717, 1.165) is 13.1 Å². The van der Waals surface area contributed by atoms with Gasteiger partial charge in [-0.3, -0.25) is 4.79 Å². The van der Waals surface area contributed by atoms with Crippen LogP contribution in [0.15, 0.2) is 0 Å². The van der Waals surface area contributed by atoms with E-state index in [1.807, 2.05) is 20.9 Å². The molecular formula is C9H19NO2. The van der Waals surface area contributed by atoms with Gasteiger partial charge in [-0.25, -0.2) is 0 Å². The number of carbonyl (C=O) groups excluding carboxylic acids is 1. The lowest BCUT2D eigenvalue weighted by molar-refractivity contribution is -0.133. The summed E-state index contributed by atoms with van der Waals surface area (Å²) in [5.41, 5.74) is 0. The fourth-order valence-corrected chi connectivity index (χ4v) is 1.14. The predicted octanol–water partition coefficient (Wildman–Crippen LogP) is 0.932. The molecule has 0 aromatic carbocycles. The quantitative estimate of drug-likeness (QED) is 0.591. The van der Waals surface area contributed by atoms with Crippen LogP contribution in [-0.4, -0.2) is 44.0 Å². The van der Waals surface area contributed by atoms with Gasteiger partial charge in [0.15, 0.2) is 5.78 Å². The van der Waals surface area contributed by atoms with Crippen molar-refractivity contribution < 1.29 is 9.53 Å². The minimum atomic E-state index is -0.182. The molecule has 0 radical (unpaired) electrons. The first-order valence-corrected chi connectivity index (χ1v) is 4.48. The van der Waals surface area contributed by atoms with Crippen molar-refractivity contribution in [3.63, 3.8) is 0 Å². The van der Waals surface area contributed by atoms with Crippen LogP contribution in [0.3, 0.4) is 0 Å². The average Bonchev–Trinajstić information content (AvgIpc) is 2.13. The van der Waals surface area contributed by atoms with Crippen LogP contribution >= 0.6 is 0 Å². The highest BCUT2D eigenvalue weighted by molar-refractivity contribution is 5.84. The SMILES string of the molecule is CC.COC1CN(C)CCC1=O. The van der Waals surface area contributed by atoms with Gasteiger partial charge in [-0.15, -0.1) is 0 Å². The largest absolute Gasteiger partial charge is 0.372 e. The Morgan fingerprint density at radius 1 is 1.50 bits per heavy atom. The molecule has 0 saturated carbocycles. The minimum absolute atomic E-state index is 0.182. The Bertz CT molecular complexity index is 136. The lowest BCUT2D eigenvalue weighted by Crippen LogP contribution is -2.43. The summed E-state index contributed by atoms with van der Waals surface area (Å²) in [6.07, 6.45) is 0.452. The fraction of sp³-hybridized carbons (Fsp3) is 0.889. The van der Waals surface area contributed by atoms with E-state index >= 15 is 0 Å². The van der Waals surface area contributed by atoms with Gasteiger partial charge in [0, 0.05) is 26.6 Å². The number of ketones is 1. The van der Waals surface area contributed by atoms with Crippen molar-refractivity contribution in [2.75, 3.05) is 27.2 Å². The van der Waals surface area contributed by atoms with Crippen LogP contribution in [0.4, 0.5) is 0 Å². The standard InChI is InChI=1S/C7H13NO2.C2H6/c1-8-4-3-6(9)7(5-8)10-2;1-2/h7H,3-5H2,1-2H3;1-2H3. The first kappa shape index (κ1) is 11.6. The molecule has 0 spiro atoms. The molecule has 0 aliphatic carbocycles. The maximum Gasteiger partial charge on any atom is 0.164 e. The molecule has 72 valence electrons. The highest BCUT2D eigenvalue weighted by Crippen LogP contribution is 2.06. The Hall–Kier alpha value is -0.410. The van der Waals surface area contributed by atoms with E-state index in [9.17, 15) is 4.79 Å². The summed E-state index contributed by atoms with van der Waals surface area (Å²) in [5.74, 6) is 0.237. The third kappa shape index (κ3) is 3.32. The molecule has 1 unspecified atom stereocenters. The minimum Gasteiger partial charge on any atom is -0.372 e. The van der Waals surface area contributed by atoms with E-state index in [1.54, 1.807) is 7.11 Å². The van der Waals surface area contributed by atoms with Crippen molar-refractivity contribution in [1.29, 1.82) is 0 Å². The van der Waals surface area contributed by atoms with Crippen molar-refractivity contribution in [2.45, 2.75) is 26.4 Å². The van der Waals surface area contributed by atoms with E-state index in [2.05, 4.69) is 4.90 Å². The number of piperidine rings is 1. The number of ether oxygens (including phenoxy) is 1. The molecule has 1 rings (SSSR count). The molecule has 3 nitrogen and oxygen atoms in total. The second-order valence-electron chi connectivity index (χ2n) is 2.70. The lowest BCUT2D eigenvalue weighted by Gasteiger charge is -2.27. The van der Waals surface area contributed by atoms with Crippen molar-refractivity contribution in [3.05, 3.63) is 0 Å². The van der Waals surface area contributed by atoms with Crippen LogP contribution in [0.25, 0.3) is 0 Å². The Kier molecular flexibility index (Phi) is 5.93. The van der Waals surface area contributed by atoms with E-state index in [4.69, 9.17) is 4.74 Å². The monoisotopic (exact) mass is 173 g/mol. The van der Waals surface area contributed by atoms with Crippen LogP contribution in [0.2, 0.25) is 0 Å². The summed E-state index contributed by atoms with van der Waals surface area (Å²) in [5, 5.41) is 0. The molecule has 0 aromatic rings. The number of methoxy groups -OCH3 is 1. The number of likely N-dealkylation sites (N-methyl/N-ethyl adjacent to an activating group) is 1. The van der Waals surface area contributed by atoms with Crippen molar-refractivity contribution in [2.24, 2.45) is 0 Å². The first-order valence-electron chi connectivity index (χ1n) is 4.48. The normalized spacial score (nSPS) is 24.7. The van der Waals surface area contributed by atoms with Crippen molar-refractivity contribution >= 4 is 5.78 Å². The molecule has 3 heteroatoms. The van der Waals surface area contributed by atoms with Crippen LogP contribution in [-0.2, 0) is 9.53 Å². The van der Waals surface area contributed by atoms with Crippen LogP contribution in [0.5, 0.6) is 0 Å². The zero-order valence-corrected chi connectivity index (χ0v) is 8.46. The smallest absolute Gasteiger partial charge is 0.164 e. The number of likely N-dealkylation sites (tertiary alicyclic amines) is 1. The number of carbonyl (C=O) groups is 1. The van der Waals surface area contributed by atoms with E-state index in [-0.39, 0.29) is 11.9 Å².